The van der Waals surface area contributed by atoms with Crippen LogP contribution in [-0.4, -0.2) is 24.4 Å². The Morgan fingerprint density at radius 1 is 1.26 bits per heavy atom. The van der Waals surface area contributed by atoms with Crippen LogP contribution in [0.15, 0.2) is 47.6 Å². The quantitative estimate of drug-likeness (QED) is 0.488. The van der Waals surface area contributed by atoms with Crippen molar-refractivity contribution >= 4 is 17.8 Å². The Morgan fingerprint density at radius 2 is 2.00 bits per heavy atom. The molecule has 6 nitrogen and oxygen atoms in total. The fourth-order valence-electron chi connectivity index (χ4n) is 2.03. The molecule has 0 unspecified atom stereocenters. The van der Waals surface area contributed by atoms with Crippen LogP contribution in [-0.2, 0) is 11.4 Å². The number of hydrogen-bond donors (Lipinski definition) is 2. The van der Waals surface area contributed by atoms with E-state index in [0.717, 1.165) is 16.8 Å². The summed E-state index contributed by atoms with van der Waals surface area (Å²) in [4.78, 5) is 11.0. The van der Waals surface area contributed by atoms with Gasteiger partial charge in [0, 0.05) is 18.2 Å². The summed E-state index contributed by atoms with van der Waals surface area (Å²) in [5.74, 6) is 1.22. The number of nitrogens with zero attached hydrogens (tertiary/aromatic N) is 1. The molecule has 2 N–H and O–H groups in total. The minimum absolute atomic E-state index is 0.116. The predicted molar refractivity (Wildman–Crippen MR) is 87.5 cm³/mol. The van der Waals surface area contributed by atoms with Gasteiger partial charge in [-0.2, -0.15) is 0 Å². The molecule has 1 amide bonds. The van der Waals surface area contributed by atoms with Crippen molar-refractivity contribution < 1.29 is 19.5 Å². The number of carbonyl (C=O) groups excluding carboxylic acids is 1. The molecule has 0 fully saturated rings. The van der Waals surface area contributed by atoms with E-state index < -0.39 is 0 Å². The molecule has 0 aliphatic rings. The summed E-state index contributed by atoms with van der Waals surface area (Å²) in [6.45, 7) is 1.79. The molecule has 2 rings (SSSR count). The first-order chi connectivity index (χ1) is 11.1. The lowest BCUT2D eigenvalue weighted by Crippen LogP contribution is -2.05. The Hall–Kier alpha value is -3.02. The largest absolute Gasteiger partial charge is 0.496 e. The molecular weight excluding hydrogens is 296 g/mol. The number of hydrogen-bond acceptors (Lipinski definition) is 5. The summed E-state index contributed by atoms with van der Waals surface area (Å²) in [6, 6.07) is 12.5. The SMILES string of the molecule is COc1cc(/C=N/O)ccc1COc1ccc(NC(C)=O)cc1. The lowest BCUT2D eigenvalue weighted by molar-refractivity contribution is -0.114. The Labute approximate surface area is 134 Å². The average Bonchev–Trinajstić information content (AvgIpc) is 2.54. The monoisotopic (exact) mass is 314 g/mol. The fourth-order valence-corrected chi connectivity index (χ4v) is 2.03. The molecule has 23 heavy (non-hydrogen) atoms. The second-order valence-electron chi connectivity index (χ2n) is 4.81. The van der Waals surface area contributed by atoms with Gasteiger partial charge >= 0.3 is 0 Å². The molecule has 0 aromatic heterocycles. The molecule has 6 heteroatoms. The van der Waals surface area contributed by atoms with E-state index in [4.69, 9.17) is 14.7 Å². The minimum atomic E-state index is -0.116. The highest BCUT2D eigenvalue weighted by molar-refractivity contribution is 5.88. The van der Waals surface area contributed by atoms with Crippen LogP contribution in [0.25, 0.3) is 0 Å². The number of rotatable bonds is 6. The van der Waals surface area contributed by atoms with Crippen LogP contribution >= 0.6 is 0 Å². The molecule has 120 valence electrons. The van der Waals surface area contributed by atoms with Crippen molar-refractivity contribution in [3.63, 3.8) is 0 Å². The van der Waals surface area contributed by atoms with Crippen molar-refractivity contribution in [3.05, 3.63) is 53.6 Å². The first-order valence-corrected chi connectivity index (χ1v) is 6.97. The zero-order valence-corrected chi connectivity index (χ0v) is 12.9. The molecule has 0 heterocycles. The van der Waals surface area contributed by atoms with Gasteiger partial charge in [0.25, 0.3) is 0 Å². The molecule has 0 saturated carbocycles. The number of anilines is 1. The molecule has 0 saturated heterocycles. The topological polar surface area (TPSA) is 80.2 Å². The second-order valence-corrected chi connectivity index (χ2v) is 4.81. The van der Waals surface area contributed by atoms with Gasteiger partial charge < -0.3 is 20.0 Å². The highest BCUT2D eigenvalue weighted by Crippen LogP contribution is 2.23. The summed E-state index contributed by atoms with van der Waals surface area (Å²) in [6.07, 6.45) is 1.33. The van der Waals surface area contributed by atoms with Crippen molar-refractivity contribution in [3.8, 4) is 11.5 Å². The average molecular weight is 314 g/mol. The van der Waals surface area contributed by atoms with E-state index in [-0.39, 0.29) is 5.91 Å². The lowest BCUT2D eigenvalue weighted by atomic mass is 10.1. The van der Waals surface area contributed by atoms with Crippen molar-refractivity contribution in [1.29, 1.82) is 0 Å². The number of benzene rings is 2. The van der Waals surface area contributed by atoms with Gasteiger partial charge in [-0.3, -0.25) is 4.79 Å². The summed E-state index contributed by atoms with van der Waals surface area (Å²) in [7, 11) is 1.57. The maximum absolute atomic E-state index is 11.0. The number of ether oxygens (including phenoxy) is 2. The smallest absolute Gasteiger partial charge is 0.221 e. The van der Waals surface area contributed by atoms with Gasteiger partial charge in [0.15, 0.2) is 0 Å². The standard InChI is InChI=1S/C17H18N2O4/c1-12(20)19-15-5-7-16(8-6-15)23-11-14-4-3-13(10-18-21)9-17(14)22-2/h3-10,21H,11H2,1-2H3,(H,19,20)/b18-10+. The summed E-state index contributed by atoms with van der Waals surface area (Å²) in [5, 5.41) is 14.2. The van der Waals surface area contributed by atoms with Gasteiger partial charge in [0.1, 0.15) is 18.1 Å². The number of methoxy groups -OCH3 is 1. The summed E-state index contributed by atoms with van der Waals surface area (Å²) < 4.78 is 11.0. The summed E-state index contributed by atoms with van der Waals surface area (Å²) >= 11 is 0. The number of nitrogens with one attached hydrogen (secondary N) is 1. The van der Waals surface area contributed by atoms with E-state index in [9.17, 15) is 4.79 Å². The van der Waals surface area contributed by atoms with Crippen LogP contribution in [0, 0.1) is 0 Å². The molecule has 0 atom stereocenters. The third-order valence-electron chi connectivity index (χ3n) is 3.09. The van der Waals surface area contributed by atoms with E-state index >= 15 is 0 Å². The first kappa shape index (κ1) is 16.4. The normalized spacial score (nSPS) is 10.5. The summed E-state index contributed by atoms with van der Waals surface area (Å²) in [5.41, 5.74) is 2.32. The minimum Gasteiger partial charge on any atom is -0.496 e. The lowest BCUT2D eigenvalue weighted by Gasteiger charge is -2.11. The molecule has 0 aliphatic carbocycles. The van der Waals surface area contributed by atoms with Crippen molar-refractivity contribution in [2.24, 2.45) is 5.16 Å². The molecule has 0 aliphatic heterocycles. The molecule has 2 aromatic rings. The van der Waals surface area contributed by atoms with Crippen LogP contribution in [0.4, 0.5) is 5.69 Å². The molecule has 2 aromatic carbocycles. The fraction of sp³-hybridized carbons (Fsp3) is 0.176. The van der Waals surface area contributed by atoms with E-state index in [1.165, 1.54) is 13.1 Å². The Balaban J connectivity index is 2.04. The van der Waals surface area contributed by atoms with Crippen LogP contribution in [0.1, 0.15) is 18.1 Å². The molecule has 0 bridgehead atoms. The van der Waals surface area contributed by atoms with Crippen LogP contribution in [0.5, 0.6) is 11.5 Å². The Kier molecular flexibility index (Phi) is 5.57. The Morgan fingerprint density at radius 3 is 2.61 bits per heavy atom. The first-order valence-electron chi connectivity index (χ1n) is 6.97. The van der Waals surface area contributed by atoms with Gasteiger partial charge in [-0.15, -0.1) is 0 Å². The zero-order valence-electron chi connectivity index (χ0n) is 12.9. The number of oxime groups is 1. The molecule has 0 radical (unpaired) electrons. The van der Waals surface area contributed by atoms with Crippen molar-refractivity contribution in [2.45, 2.75) is 13.5 Å². The highest BCUT2D eigenvalue weighted by Gasteiger charge is 2.05. The van der Waals surface area contributed by atoms with Gasteiger partial charge in [0.05, 0.1) is 13.3 Å². The number of carbonyl (C=O) groups is 1. The van der Waals surface area contributed by atoms with Crippen LogP contribution in [0.2, 0.25) is 0 Å². The van der Waals surface area contributed by atoms with Gasteiger partial charge in [-0.05, 0) is 35.9 Å². The molecule has 0 spiro atoms. The zero-order chi connectivity index (χ0) is 16.7. The molecular formula is C17H18N2O4. The number of amides is 1. The van der Waals surface area contributed by atoms with Gasteiger partial charge in [0.2, 0.25) is 5.91 Å². The predicted octanol–water partition coefficient (Wildman–Crippen LogP) is 3.04. The van der Waals surface area contributed by atoms with Crippen molar-refractivity contribution in [2.75, 3.05) is 12.4 Å². The third kappa shape index (κ3) is 4.74. The van der Waals surface area contributed by atoms with Crippen molar-refractivity contribution in [1.82, 2.24) is 0 Å². The highest BCUT2D eigenvalue weighted by atomic mass is 16.5. The van der Waals surface area contributed by atoms with Gasteiger partial charge in [-0.25, -0.2) is 0 Å². The van der Waals surface area contributed by atoms with Gasteiger partial charge in [-0.1, -0.05) is 17.3 Å². The van der Waals surface area contributed by atoms with E-state index in [1.807, 2.05) is 6.07 Å². The van der Waals surface area contributed by atoms with Crippen LogP contribution in [0.3, 0.4) is 0 Å². The van der Waals surface area contributed by atoms with E-state index in [0.29, 0.717) is 18.1 Å². The third-order valence-corrected chi connectivity index (χ3v) is 3.09. The Bertz CT molecular complexity index is 696. The maximum Gasteiger partial charge on any atom is 0.221 e. The van der Waals surface area contributed by atoms with Crippen LogP contribution < -0.4 is 14.8 Å². The van der Waals surface area contributed by atoms with E-state index in [2.05, 4.69) is 10.5 Å². The van der Waals surface area contributed by atoms with E-state index in [1.54, 1.807) is 43.5 Å². The second kappa shape index (κ2) is 7.84. The maximum atomic E-state index is 11.0.